The van der Waals surface area contributed by atoms with Crippen molar-refractivity contribution in [2.45, 2.75) is 19.4 Å². The number of halogens is 1. The first-order valence-corrected chi connectivity index (χ1v) is 5.41. The van der Waals surface area contributed by atoms with Gasteiger partial charge in [-0.2, -0.15) is 0 Å². The van der Waals surface area contributed by atoms with E-state index >= 15 is 0 Å². The fraction of sp³-hybridized carbons (Fsp3) is 0.444. The number of amides is 1. The minimum absolute atomic E-state index is 0.0708. The van der Waals surface area contributed by atoms with Crippen molar-refractivity contribution in [3.8, 4) is 0 Å². The summed E-state index contributed by atoms with van der Waals surface area (Å²) in [5.74, 6) is -0.0708. The highest BCUT2D eigenvalue weighted by Gasteiger charge is 2.25. The van der Waals surface area contributed by atoms with Gasteiger partial charge < -0.3 is 10.6 Å². The van der Waals surface area contributed by atoms with Crippen LogP contribution in [0.2, 0.25) is 4.34 Å². The number of likely N-dealkylation sites (N-methyl/N-ethyl adjacent to an activating group) is 1. The van der Waals surface area contributed by atoms with Crippen molar-refractivity contribution >= 4 is 33.8 Å². The molecule has 1 amide bonds. The van der Waals surface area contributed by atoms with E-state index < -0.39 is 5.54 Å². The molecule has 0 bridgehead atoms. The highest BCUT2D eigenvalue weighted by Crippen LogP contribution is 2.26. The normalized spacial score (nSPS) is 11.4. The molecule has 0 saturated heterocycles. The van der Waals surface area contributed by atoms with Crippen molar-refractivity contribution in [3.05, 3.63) is 16.5 Å². The molecule has 0 unspecified atom stereocenters. The summed E-state index contributed by atoms with van der Waals surface area (Å²) < 4.78 is 0.669. The van der Waals surface area contributed by atoms with Gasteiger partial charge in [-0.05, 0) is 33.0 Å². The van der Waals surface area contributed by atoms with Crippen LogP contribution < -0.4 is 10.6 Å². The molecule has 0 aliphatic rings. The van der Waals surface area contributed by atoms with Crippen molar-refractivity contribution in [1.29, 1.82) is 0 Å². The van der Waals surface area contributed by atoms with E-state index in [4.69, 9.17) is 11.6 Å². The minimum atomic E-state index is -0.573. The lowest BCUT2D eigenvalue weighted by Gasteiger charge is -2.21. The van der Waals surface area contributed by atoms with E-state index in [0.29, 0.717) is 4.34 Å². The molecule has 0 aromatic carbocycles. The molecule has 0 radical (unpaired) electrons. The van der Waals surface area contributed by atoms with Gasteiger partial charge in [-0.1, -0.05) is 11.6 Å². The van der Waals surface area contributed by atoms with Crippen LogP contribution in [-0.4, -0.2) is 18.5 Å². The molecule has 0 saturated carbocycles. The second-order valence-electron chi connectivity index (χ2n) is 3.43. The average Bonchev–Trinajstić information content (AvgIpc) is 2.51. The van der Waals surface area contributed by atoms with Crippen molar-refractivity contribution < 1.29 is 4.79 Å². The first-order chi connectivity index (χ1) is 6.45. The molecular formula is C9H13ClN2OS. The van der Waals surface area contributed by atoms with Gasteiger partial charge in [0.25, 0.3) is 0 Å². The number of rotatable bonds is 3. The average molecular weight is 233 g/mol. The minimum Gasteiger partial charge on any atom is -0.316 e. The third-order valence-electron chi connectivity index (χ3n) is 2.00. The van der Waals surface area contributed by atoms with Gasteiger partial charge in [0, 0.05) is 0 Å². The highest BCUT2D eigenvalue weighted by molar-refractivity contribution is 7.20. The summed E-state index contributed by atoms with van der Waals surface area (Å²) >= 11 is 7.09. The SMILES string of the molecule is CNC(C)(C)C(=O)Nc1ccc(Cl)s1. The second-order valence-corrected chi connectivity index (χ2v) is 5.15. The second kappa shape index (κ2) is 4.29. The maximum absolute atomic E-state index is 11.7. The molecule has 2 N–H and O–H groups in total. The van der Waals surface area contributed by atoms with E-state index in [2.05, 4.69) is 10.6 Å². The number of carbonyl (C=O) groups is 1. The third-order valence-corrected chi connectivity index (χ3v) is 3.15. The molecule has 0 atom stereocenters. The van der Waals surface area contributed by atoms with Crippen molar-refractivity contribution in [1.82, 2.24) is 5.32 Å². The number of hydrogen-bond acceptors (Lipinski definition) is 3. The summed E-state index contributed by atoms with van der Waals surface area (Å²) in [6.07, 6.45) is 0. The number of anilines is 1. The molecule has 78 valence electrons. The van der Waals surface area contributed by atoms with Crippen LogP contribution in [0.5, 0.6) is 0 Å². The van der Waals surface area contributed by atoms with Gasteiger partial charge in [-0.25, -0.2) is 0 Å². The van der Waals surface area contributed by atoms with E-state index in [0.717, 1.165) is 5.00 Å². The van der Waals surface area contributed by atoms with E-state index in [-0.39, 0.29) is 5.91 Å². The fourth-order valence-corrected chi connectivity index (χ4v) is 1.70. The Hall–Kier alpha value is -0.580. The van der Waals surface area contributed by atoms with Crippen molar-refractivity contribution in [2.75, 3.05) is 12.4 Å². The Labute approximate surface area is 92.5 Å². The topological polar surface area (TPSA) is 41.1 Å². The van der Waals surface area contributed by atoms with Gasteiger partial charge >= 0.3 is 0 Å². The Morgan fingerprint density at radius 3 is 2.57 bits per heavy atom. The van der Waals surface area contributed by atoms with E-state index in [1.54, 1.807) is 19.2 Å². The van der Waals surface area contributed by atoms with Gasteiger partial charge in [0.1, 0.15) is 0 Å². The predicted octanol–water partition coefficient (Wildman–Crippen LogP) is 2.34. The van der Waals surface area contributed by atoms with Gasteiger partial charge in [0.2, 0.25) is 5.91 Å². The molecule has 0 aliphatic heterocycles. The van der Waals surface area contributed by atoms with Crippen molar-refractivity contribution in [3.63, 3.8) is 0 Å². The Kier molecular flexibility index (Phi) is 3.53. The molecule has 5 heteroatoms. The molecular weight excluding hydrogens is 220 g/mol. The molecule has 0 aliphatic carbocycles. The summed E-state index contributed by atoms with van der Waals surface area (Å²) in [5, 5.41) is 6.48. The molecule has 0 fully saturated rings. The molecule has 1 rings (SSSR count). The van der Waals surface area contributed by atoms with Gasteiger partial charge in [0.15, 0.2) is 0 Å². The molecule has 3 nitrogen and oxygen atoms in total. The van der Waals surface area contributed by atoms with Crippen molar-refractivity contribution in [2.24, 2.45) is 0 Å². The lowest BCUT2D eigenvalue weighted by Crippen LogP contribution is -2.47. The van der Waals surface area contributed by atoms with Gasteiger partial charge in [-0.3, -0.25) is 4.79 Å². The molecule has 14 heavy (non-hydrogen) atoms. The van der Waals surface area contributed by atoms with Crippen LogP contribution in [0, 0.1) is 0 Å². The lowest BCUT2D eigenvalue weighted by atomic mass is 10.1. The molecule has 1 heterocycles. The summed E-state index contributed by atoms with van der Waals surface area (Å²) in [5.41, 5.74) is -0.573. The summed E-state index contributed by atoms with van der Waals surface area (Å²) in [6, 6.07) is 3.55. The lowest BCUT2D eigenvalue weighted by molar-refractivity contribution is -0.121. The van der Waals surface area contributed by atoms with E-state index in [1.165, 1.54) is 11.3 Å². The largest absolute Gasteiger partial charge is 0.316 e. The zero-order valence-electron chi connectivity index (χ0n) is 8.35. The molecule has 1 aromatic rings. The van der Waals surface area contributed by atoms with Crippen LogP contribution in [0.1, 0.15) is 13.8 Å². The standard InChI is InChI=1S/C9H13ClN2OS/c1-9(2,11-3)8(13)12-7-5-4-6(10)14-7/h4-5,11H,1-3H3,(H,12,13). The fourth-order valence-electron chi connectivity index (χ4n) is 0.763. The maximum Gasteiger partial charge on any atom is 0.244 e. The Balaban J connectivity index is 2.66. The zero-order valence-corrected chi connectivity index (χ0v) is 9.92. The Bertz CT molecular complexity index is 335. The number of hydrogen-bond donors (Lipinski definition) is 2. The number of nitrogens with one attached hydrogen (secondary N) is 2. The van der Waals surface area contributed by atoms with Crippen LogP contribution in [0.15, 0.2) is 12.1 Å². The number of carbonyl (C=O) groups excluding carboxylic acids is 1. The van der Waals surface area contributed by atoms with Crippen LogP contribution in [0.4, 0.5) is 5.00 Å². The molecule has 1 aromatic heterocycles. The van der Waals surface area contributed by atoms with E-state index in [1.807, 2.05) is 13.8 Å². The van der Waals surface area contributed by atoms with E-state index in [9.17, 15) is 4.79 Å². The first-order valence-electron chi connectivity index (χ1n) is 4.21. The van der Waals surface area contributed by atoms with Gasteiger partial charge in [-0.15, -0.1) is 11.3 Å². The predicted molar refractivity (Wildman–Crippen MR) is 61.1 cm³/mol. The highest BCUT2D eigenvalue weighted by atomic mass is 35.5. The number of thiophene rings is 1. The van der Waals surface area contributed by atoms with Gasteiger partial charge in [0.05, 0.1) is 14.9 Å². The Morgan fingerprint density at radius 1 is 1.50 bits per heavy atom. The summed E-state index contributed by atoms with van der Waals surface area (Å²) in [6.45, 7) is 3.63. The third kappa shape index (κ3) is 2.70. The van der Waals surface area contributed by atoms with Crippen LogP contribution in [0.3, 0.4) is 0 Å². The van der Waals surface area contributed by atoms with Crippen LogP contribution in [0.25, 0.3) is 0 Å². The van der Waals surface area contributed by atoms with Crippen LogP contribution in [-0.2, 0) is 4.79 Å². The summed E-state index contributed by atoms with van der Waals surface area (Å²) in [7, 11) is 1.75. The Morgan fingerprint density at radius 2 is 2.14 bits per heavy atom. The monoisotopic (exact) mass is 232 g/mol. The summed E-state index contributed by atoms with van der Waals surface area (Å²) in [4.78, 5) is 11.7. The smallest absolute Gasteiger partial charge is 0.244 e. The maximum atomic E-state index is 11.7. The molecule has 0 spiro atoms. The van der Waals surface area contributed by atoms with Crippen LogP contribution >= 0.6 is 22.9 Å². The first kappa shape index (κ1) is 11.5. The quantitative estimate of drug-likeness (QED) is 0.840. The zero-order chi connectivity index (χ0) is 10.8.